The number of hydrogen-bond donors (Lipinski definition) is 0. The van der Waals surface area contributed by atoms with Crippen molar-refractivity contribution in [3.05, 3.63) is 114 Å². The molecule has 0 N–H and O–H groups in total. The van der Waals surface area contributed by atoms with Crippen molar-refractivity contribution in [2.24, 2.45) is 0 Å². The predicted molar refractivity (Wildman–Crippen MR) is 155 cm³/mol. The summed E-state index contributed by atoms with van der Waals surface area (Å²) in [5, 5.41) is 2.29. The Balaban J connectivity index is 1.37. The summed E-state index contributed by atoms with van der Waals surface area (Å²) < 4.78 is 5.82. The molecule has 4 rings (SSSR count). The van der Waals surface area contributed by atoms with Crippen LogP contribution in [-0.2, 0) is 11.2 Å². The lowest BCUT2D eigenvalue weighted by molar-refractivity contribution is -0.114. The molecule has 0 heterocycles. The summed E-state index contributed by atoms with van der Waals surface area (Å²) in [7, 11) is 0. The third kappa shape index (κ3) is 7.69. The number of rotatable bonds is 11. The molecule has 37 heavy (non-hydrogen) atoms. The van der Waals surface area contributed by atoms with Crippen LogP contribution in [0.5, 0.6) is 5.75 Å². The SMILES string of the molecule is C=CC(=O)CCCOc1ccc2cc(-c3ccc(C#Cc4ccc(CCCCC)cc4)cc3)ccc2c1. The molecule has 4 aromatic rings. The average molecular weight is 487 g/mol. The fourth-order valence-corrected chi connectivity index (χ4v) is 4.26. The molecule has 0 fully saturated rings. The topological polar surface area (TPSA) is 26.3 Å². The zero-order valence-corrected chi connectivity index (χ0v) is 21.6. The molecule has 0 aliphatic heterocycles. The number of unbranched alkanes of at least 4 members (excludes halogenated alkanes) is 2. The lowest BCUT2D eigenvalue weighted by Crippen LogP contribution is -2.00. The zero-order valence-electron chi connectivity index (χ0n) is 21.6. The molecule has 0 unspecified atom stereocenters. The first-order valence-electron chi connectivity index (χ1n) is 13.2. The maximum atomic E-state index is 11.3. The van der Waals surface area contributed by atoms with Gasteiger partial charge in [-0.05, 0) is 95.3 Å². The van der Waals surface area contributed by atoms with Crippen LogP contribution < -0.4 is 4.74 Å². The summed E-state index contributed by atoms with van der Waals surface area (Å²) >= 11 is 0. The standard InChI is InChI=1S/C35H34O2/c1-3-5-6-8-27-10-12-28(13-11-27)14-15-29-16-18-30(19-17-29)31-20-21-33-26-35(23-22-32(33)25-31)37-24-7-9-34(36)4-2/h4,10-13,16-23,25-26H,2-3,5-9,24H2,1H3. The molecule has 0 spiro atoms. The Morgan fingerprint density at radius 2 is 1.43 bits per heavy atom. The highest BCUT2D eigenvalue weighted by Crippen LogP contribution is 2.27. The second-order valence-electron chi connectivity index (χ2n) is 9.33. The molecule has 186 valence electrons. The lowest BCUT2D eigenvalue weighted by Gasteiger charge is -2.08. The fraction of sp³-hybridized carbons (Fsp3) is 0.229. The second kappa shape index (κ2) is 13.3. The molecule has 0 saturated carbocycles. The Labute approximate surface area is 221 Å². The maximum Gasteiger partial charge on any atom is 0.155 e. The van der Waals surface area contributed by atoms with Gasteiger partial charge in [-0.15, -0.1) is 0 Å². The van der Waals surface area contributed by atoms with Gasteiger partial charge in [0.1, 0.15) is 5.75 Å². The van der Waals surface area contributed by atoms with Gasteiger partial charge in [-0.25, -0.2) is 0 Å². The highest BCUT2D eigenvalue weighted by atomic mass is 16.5. The molecule has 0 atom stereocenters. The molecule has 0 amide bonds. The molecule has 2 nitrogen and oxygen atoms in total. The first kappa shape index (κ1) is 26.0. The van der Waals surface area contributed by atoms with Gasteiger partial charge in [-0.2, -0.15) is 0 Å². The van der Waals surface area contributed by atoms with E-state index in [1.165, 1.54) is 36.5 Å². The monoisotopic (exact) mass is 486 g/mol. The van der Waals surface area contributed by atoms with E-state index in [1.807, 2.05) is 12.1 Å². The second-order valence-corrected chi connectivity index (χ2v) is 9.33. The molecular weight excluding hydrogens is 452 g/mol. The van der Waals surface area contributed by atoms with E-state index in [0.29, 0.717) is 19.4 Å². The third-order valence-electron chi connectivity index (χ3n) is 6.47. The number of fused-ring (bicyclic) bond motifs is 1. The van der Waals surface area contributed by atoms with E-state index in [4.69, 9.17) is 4.74 Å². The Morgan fingerprint density at radius 1 is 0.784 bits per heavy atom. The number of aryl methyl sites for hydroxylation is 1. The predicted octanol–water partition coefficient (Wildman–Crippen LogP) is 8.55. The molecule has 0 radical (unpaired) electrons. The van der Waals surface area contributed by atoms with E-state index >= 15 is 0 Å². The minimum Gasteiger partial charge on any atom is -0.494 e. The van der Waals surface area contributed by atoms with Crippen molar-refractivity contribution in [2.75, 3.05) is 6.61 Å². The van der Waals surface area contributed by atoms with Crippen molar-refractivity contribution in [1.29, 1.82) is 0 Å². The first-order chi connectivity index (χ1) is 18.1. The fourth-order valence-electron chi connectivity index (χ4n) is 4.26. The highest BCUT2D eigenvalue weighted by molar-refractivity contribution is 5.89. The van der Waals surface area contributed by atoms with Crippen LogP contribution in [-0.4, -0.2) is 12.4 Å². The van der Waals surface area contributed by atoms with Crippen LogP contribution in [0.2, 0.25) is 0 Å². The Morgan fingerprint density at radius 3 is 2.14 bits per heavy atom. The van der Waals surface area contributed by atoms with Gasteiger partial charge >= 0.3 is 0 Å². The van der Waals surface area contributed by atoms with Crippen molar-refractivity contribution < 1.29 is 9.53 Å². The highest BCUT2D eigenvalue weighted by Gasteiger charge is 2.03. The van der Waals surface area contributed by atoms with Crippen LogP contribution in [0.1, 0.15) is 55.7 Å². The van der Waals surface area contributed by atoms with Gasteiger partial charge in [-0.1, -0.05) is 80.6 Å². The number of allylic oxidation sites excluding steroid dienone is 1. The minimum atomic E-state index is 0.0532. The van der Waals surface area contributed by atoms with Gasteiger partial charge < -0.3 is 4.74 Å². The number of hydrogen-bond acceptors (Lipinski definition) is 2. The van der Waals surface area contributed by atoms with Gasteiger partial charge in [0, 0.05) is 17.5 Å². The van der Waals surface area contributed by atoms with Gasteiger partial charge in [0.25, 0.3) is 0 Å². The van der Waals surface area contributed by atoms with E-state index in [-0.39, 0.29) is 5.78 Å². The maximum absolute atomic E-state index is 11.3. The molecule has 0 bridgehead atoms. The van der Waals surface area contributed by atoms with Gasteiger partial charge in [-0.3, -0.25) is 4.79 Å². The molecule has 0 saturated heterocycles. The van der Waals surface area contributed by atoms with Crippen LogP contribution in [0, 0.1) is 11.8 Å². The summed E-state index contributed by atoms with van der Waals surface area (Å²) in [6.07, 6.45) is 7.46. The minimum absolute atomic E-state index is 0.0532. The van der Waals surface area contributed by atoms with Gasteiger partial charge in [0.05, 0.1) is 6.61 Å². The lowest BCUT2D eigenvalue weighted by atomic mass is 10.00. The molecule has 2 heteroatoms. The Kier molecular flexibility index (Phi) is 9.33. The molecule has 4 aromatic carbocycles. The number of benzene rings is 4. The van der Waals surface area contributed by atoms with Crippen LogP contribution in [0.3, 0.4) is 0 Å². The van der Waals surface area contributed by atoms with E-state index < -0.39 is 0 Å². The smallest absolute Gasteiger partial charge is 0.155 e. The van der Waals surface area contributed by atoms with E-state index in [9.17, 15) is 4.79 Å². The average Bonchev–Trinajstić information content (AvgIpc) is 2.95. The van der Waals surface area contributed by atoms with E-state index in [2.05, 4.69) is 98.1 Å². The Bertz CT molecular complexity index is 1400. The van der Waals surface area contributed by atoms with Gasteiger partial charge in [0.2, 0.25) is 0 Å². The summed E-state index contributed by atoms with van der Waals surface area (Å²) in [5.41, 5.74) is 5.78. The van der Waals surface area contributed by atoms with Crippen molar-refractivity contribution in [1.82, 2.24) is 0 Å². The van der Waals surface area contributed by atoms with E-state index in [1.54, 1.807) is 0 Å². The zero-order chi connectivity index (χ0) is 25.9. The third-order valence-corrected chi connectivity index (χ3v) is 6.47. The quantitative estimate of drug-likeness (QED) is 0.121. The normalized spacial score (nSPS) is 10.5. The van der Waals surface area contributed by atoms with Crippen LogP contribution in [0.4, 0.5) is 0 Å². The summed E-state index contributed by atoms with van der Waals surface area (Å²) in [5.74, 6) is 7.45. The Hall–Kier alpha value is -4.09. The van der Waals surface area contributed by atoms with Crippen LogP contribution >= 0.6 is 0 Å². The molecule has 0 aromatic heterocycles. The molecule has 0 aliphatic rings. The number of ketones is 1. The van der Waals surface area contributed by atoms with Crippen LogP contribution in [0.15, 0.2) is 97.6 Å². The van der Waals surface area contributed by atoms with Crippen molar-refractivity contribution in [3.8, 4) is 28.7 Å². The number of ether oxygens (including phenoxy) is 1. The molecular formula is C35H34O2. The largest absolute Gasteiger partial charge is 0.494 e. The summed E-state index contributed by atoms with van der Waals surface area (Å²) in [6, 6.07) is 29.6. The van der Waals surface area contributed by atoms with Crippen molar-refractivity contribution >= 4 is 16.6 Å². The van der Waals surface area contributed by atoms with E-state index in [0.717, 1.165) is 39.6 Å². The number of carbonyl (C=O) groups excluding carboxylic acids is 1. The van der Waals surface area contributed by atoms with Gasteiger partial charge in [0.15, 0.2) is 5.78 Å². The van der Waals surface area contributed by atoms with Crippen molar-refractivity contribution in [3.63, 3.8) is 0 Å². The summed E-state index contributed by atoms with van der Waals surface area (Å²) in [4.78, 5) is 11.3. The van der Waals surface area contributed by atoms with Crippen LogP contribution in [0.25, 0.3) is 21.9 Å². The summed E-state index contributed by atoms with van der Waals surface area (Å²) in [6.45, 7) is 6.25. The first-order valence-corrected chi connectivity index (χ1v) is 13.2. The van der Waals surface area contributed by atoms with Crippen molar-refractivity contribution in [2.45, 2.75) is 45.4 Å². The number of carbonyl (C=O) groups is 1. The molecule has 0 aliphatic carbocycles.